The average molecular weight is 220 g/mol. The normalized spacial score (nSPS) is 14.1. The van der Waals surface area contributed by atoms with Crippen molar-refractivity contribution in [2.24, 2.45) is 0 Å². The van der Waals surface area contributed by atoms with Gasteiger partial charge in [-0.05, 0) is 12.0 Å². The monoisotopic (exact) mass is 220 g/mol. The maximum absolute atomic E-state index is 11.9. The highest BCUT2D eigenvalue weighted by molar-refractivity contribution is 6.02. The lowest BCUT2D eigenvalue weighted by molar-refractivity contribution is -0.385. The molecule has 0 spiro atoms. The first kappa shape index (κ1) is 10.6. The molecule has 1 heterocycles. The van der Waals surface area contributed by atoms with E-state index in [-0.39, 0.29) is 17.2 Å². The summed E-state index contributed by atoms with van der Waals surface area (Å²) in [5.74, 6) is -0.218. The Morgan fingerprint density at radius 3 is 2.88 bits per heavy atom. The molecule has 84 valence electrons. The van der Waals surface area contributed by atoms with E-state index in [4.69, 9.17) is 0 Å². The summed E-state index contributed by atoms with van der Waals surface area (Å²) in [6.07, 6.45) is 0.855. The number of nitro groups is 1. The third-order valence-corrected chi connectivity index (χ3v) is 2.68. The third-order valence-electron chi connectivity index (χ3n) is 2.68. The summed E-state index contributed by atoms with van der Waals surface area (Å²) in [7, 11) is 0. The van der Waals surface area contributed by atoms with Gasteiger partial charge < -0.3 is 4.90 Å². The minimum atomic E-state index is -0.494. The fraction of sp³-hybridized carbons (Fsp3) is 0.364. The standard InChI is InChI=1S/C11H12N2O3/c1-2-6-12-7-8-4-3-5-9(13(15)16)10(8)11(12)14/h3-5H,2,6-7H2,1H3. The molecule has 16 heavy (non-hydrogen) atoms. The van der Waals surface area contributed by atoms with Gasteiger partial charge in [-0.2, -0.15) is 0 Å². The largest absolute Gasteiger partial charge is 0.334 e. The molecule has 1 aliphatic heterocycles. The van der Waals surface area contributed by atoms with E-state index >= 15 is 0 Å². The second-order valence-electron chi connectivity index (χ2n) is 3.80. The fourth-order valence-corrected chi connectivity index (χ4v) is 2.00. The molecule has 5 nitrogen and oxygen atoms in total. The van der Waals surface area contributed by atoms with Crippen LogP contribution in [0, 0.1) is 10.1 Å². The molecule has 0 atom stereocenters. The van der Waals surface area contributed by atoms with Crippen LogP contribution in [0.5, 0.6) is 0 Å². The van der Waals surface area contributed by atoms with Crippen molar-refractivity contribution in [3.8, 4) is 0 Å². The number of nitrogens with zero attached hydrogens (tertiary/aromatic N) is 2. The van der Waals surface area contributed by atoms with Crippen LogP contribution < -0.4 is 0 Å². The average Bonchev–Trinajstić information content (AvgIpc) is 2.57. The zero-order valence-corrected chi connectivity index (χ0v) is 8.97. The van der Waals surface area contributed by atoms with Crippen LogP contribution in [-0.4, -0.2) is 22.3 Å². The van der Waals surface area contributed by atoms with Gasteiger partial charge in [0.05, 0.1) is 4.92 Å². The van der Waals surface area contributed by atoms with E-state index in [0.29, 0.717) is 13.1 Å². The Kier molecular flexibility index (Phi) is 2.60. The molecule has 1 aromatic rings. The van der Waals surface area contributed by atoms with Crippen molar-refractivity contribution in [2.45, 2.75) is 19.9 Å². The summed E-state index contributed by atoms with van der Waals surface area (Å²) in [6, 6.07) is 4.78. The zero-order chi connectivity index (χ0) is 11.7. The Hall–Kier alpha value is -1.91. The highest BCUT2D eigenvalue weighted by atomic mass is 16.6. The Bertz CT molecular complexity index is 457. The minimum Gasteiger partial charge on any atom is -0.334 e. The molecule has 0 unspecified atom stereocenters. The summed E-state index contributed by atoms with van der Waals surface area (Å²) in [6.45, 7) is 3.11. The van der Waals surface area contributed by atoms with Gasteiger partial charge in [0.1, 0.15) is 5.56 Å². The SMILES string of the molecule is CCCN1Cc2cccc([N+](=O)[O-])c2C1=O. The van der Waals surface area contributed by atoms with Gasteiger partial charge in [-0.3, -0.25) is 14.9 Å². The summed E-state index contributed by atoms with van der Waals surface area (Å²) in [4.78, 5) is 23.9. The predicted molar refractivity (Wildman–Crippen MR) is 58.1 cm³/mol. The molecule has 1 aromatic carbocycles. The zero-order valence-electron chi connectivity index (χ0n) is 8.97. The highest BCUT2D eigenvalue weighted by Crippen LogP contribution is 2.30. The van der Waals surface area contributed by atoms with E-state index in [1.54, 1.807) is 17.0 Å². The molecular formula is C11H12N2O3. The maximum atomic E-state index is 11.9. The molecule has 0 bridgehead atoms. The van der Waals surface area contributed by atoms with Gasteiger partial charge in [-0.25, -0.2) is 0 Å². The first-order valence-corrected chi connectivity index (χ1v) is 5.20. The fourth-order valence-electron chi connectivity index (χ4n) is 2.00. The van der Waals surface area contributed by atoms with Crippen LogP contribution in [0.3, 0.4) is 0 Å². The number of fused-ring (bicyclic) bond motifs is 1. The van der Waals surface area contributed by atoms with Crippen LogP contribution >= 0.6 is 0 Å². The molecule has 0 saturated carbocycles. The van der Waals surface area contributed by atoms with Crippen LogP contribution in [0.15, 0.2) is 18.2 Å². The Morgan fingerprint density at radius 2 is 2.25 bits per heavy atom. The van der Waals surface area contributed by atoms with E-state index in [2.05, 4.69) is 0 Å². The van der Waals surface area contributed by atoms with Gasteiger partial charge in [0.15, 0.2) is 0 Å². The molecule has 0 fully saturated rings. The van der Waals surface area contributed by atoms with Gasteiger partial charge >= 0.3 is 0 Å². The van der Waals surface area contributed by atoms with E-state index in [1.807, 2.05) is 6.92 Å². The number of nitro benzene ring substituents is 1. The van der Waals surface area contributed by atoms with Gasteiger partial charge in [-0.1, -0.05) is 19.1 Å². The van der Waals surface area contributed by atoms with Crippen molar-refractivity contribution in [1.82, 2.24) is 4.90 Å². The number of amides is 1. The van der Waals surface area contributed by atoms with Gasteiger partial charge in [0, 0.05) is 19.2 Å². The lowest BCUT2D eigenvalue weighted by Crippen LogP contribution is -2.24. The number of carbonyl (C=O) groups is 1. The summed E-state index contributed by atoms with van der Waals surface area (Å²) < 4.78 is 0. The highest BCUT2D eigenvalue weighted by Gasteiger charge is 2.33. The Morgan fingerprint density at radius 1 is 1.50 bits per heavy atom. The lowest BCUT2D eigenvalue weighted by Gasteiger charge is -2.13. The van der Waals surface area contributed by atoms with Crippen molar-refractivity contribution in [3.63, 3.8) is 0 Å². The molecule has 0 radical (unpaired) electrons. The van der Waals surface area contributed by atoms with Crippen molar-refractivity contribution in [1.29, 1.82) is 0 Å². The van der Waals surface area contributed by atoms with Gasteiger partial charge in [0.25, 0.3) is 11.6 Å². The molecule has 0 aliphatic carbocycles. The number of carbonyl (C=O) groups excluding carboxylic acids is 1. The summed E-state index contributed by atoms with van der Waals surface area (Å²) in [5.41, 5.74) is 0.940. The second-order valence-corrected chi connectivity index (χ2v) is 3.80. The predicted octanol–water partition coefficient (Wildman–Crippen LogP) is 1.96. The van der Waals surface area contributed by atoms with E-state index in [1.165, 1.54) is 6.07 Å². The lowest BCUT2D eigenvalue weighted by atomic mass is 10.1. The van der Waals surface area contributed by atoms with Crippen molar-refractivity contribution in [3.05, 3.63) is 39.4 Å². The van der Waals surface area contributed by atoms with Gasteiger partial charge in [-0.15, -0.1) is 0 Å². The van der Waals surface area contributed by atoms with Crippen LogP contribution in [0.1, 0.15) is 29.3 Å². The van der Waals surface area contributed by atoms with E-state index in [9.17, 15) is 14.9 Å². The van der Waals surface area contributed by atoms with Crippen LogP contribution in [-0.2, 0) is 6.54 Å². The molecule has 2 rings (SSSR count). The summed E-state index contributed by atoms with van der Waals surface area (Å²) in [5, 5.41) is 10.8. The van der Waals surface area contributed by atoms with Crippen LogP contribution in [0.25, 0.3) is 0 Å². The molecule has 5 heteroatoms. The number of hydrogen-bond donors (Lipinski definition) is 0. The maximum Gasteiger partial charge on any atom is 0.282 e. The van der Waals surface area contributed by atoms with E-state index in [0.717, 1.165) is 12.0 Å². The molecule has 0 saturated heterocycles. The van der Waals surface area contributed by atoms with Crippen LogP contribution in [0.2, 0.25) is 0 Å². The van der Waals surface area contributed by atoms with Crippen molar-refractivity contribution in [2.75, 3.05) is 6.54 Å². The van der Waals surface area contributed by atoms with Gasteiger partial charge in [0.2, 0.25) is 0 Å². The van der Waals surface area contributed by atoms with Crippen molar-refractivity contribution < 1.29 is 9.72 Å². The molecule has 1 amide bonds. The number of benzene rings is 1. The van der Waals surface area contributed by atoms with Crippen molar-refractivity contribution >= 4 is 11.6 Å². The van der Waals surface area contributed by atoms with E-state index < -0.39 is 4.92 Å². The number of rotatable bonds is 3. The molecule has 1 aliphatic rings. The minimum absolute atomic E-state index is 0.0823. The van der Waals surface area contributed by atoms with Crippen LogP contribution in [0.4, 0.5) is 5.69 Å². The Balaban J connectivity index is 2.44. The first-order valence-electron chi connectivity index (χ1n) is 5.20. The molecule has 0 aromatic heterocycles. The topological polar surface area (TPSA) is 63.4 Å². The summed E-state index contributed by atoms with van der Waals surface area (Å²) >= 11 is 0. The quantitative estimate of drug-likeness (QED) is 0.577. The molecule has 0 N–H and O–H groups in total. The molecular weight excluding hydrogens is 208 g/mol. The first-order chi connectivity index (χ1) is 7.65. The number of hydrogen-bond acceptors (Lipinski definition) is 3. The third kappa shape index (κ3) is 1.54. The second kappa shape index (κ2) is 3.92. The smallest absolute Gasteiger partial charge is 0.282 e. The Labute approximate surface area is 92.8 Å².